The van der Waals surface area contributed by atoms with Crippen molar-refractivity contribution < 1.29 is 41.0 Å². The van der Waals surface area contributed by atoms with Crippen LogP contribution in [-0.2, 0) is 0 Å². The standard InChI is InChI=1S/C19H12F6N2O3/c20-12-4-5-16(30-9-18(21,22)19(23,24)25)13(7-12)10-2-1-3-11(6-10)14-8-15(17(28)29)27-26-14/h1-8H,9H2,(H,26,27)(H,28,29). The molecule has 30 heavy (non-hydrogen) atoms. The van der Waals surface area contributed by atoms with Gasteiger partial charge in [0.15, 0.2) is 6.61 Å². The predicted molar refractivity (Wildman–Crippen MR) is 92.9 cm³/mol. The van der Waals surface area contributed by atoms with Gasteiger partial charge in [0.05, 0.1) is 5.69 Å². The van der Waals surface area contributed by atoms with E-state index in [1.54, 1.807) is 6.07 Å². The Balaban J connectivity index is 1.96. The van der Waals surface area contributed by atoms with E-state index in [4.69, 9.17) is 5.11 Å². The smallest absolute Gasteiger partial charge is 0.456 e. The molecule has 0 fully saturated rings. The van der Waals surface area contributed by atoms with Crippen molar-refractivity contribution in [1.29, 1.82) is 0 Å². The molecule has 0 radical (unpaired) electrons. The molecule has 158 valence electrons. The van der Waals surface area contributed by atoms with Crippen molar-refractivity contribution in [3.05, 3.63) is 60.0 Å². The zero-order valence-electron chi connectivity index (χ0n) is 14.8. The van der Waals surface area contributed by atoms with Crippen LogP contribution >= 0.6 is 0 Å². The van der Waals surface area contributed by atoms with Crippen molar-refractivity contribution in [3.8, 4) is 28.1 Å². The lowest BCUT2D eigenvalue weighted by Crippen LogP contribution is -2.41. The molecule has 0 bridgehead atoms. The van der Waals surface area contributed by atoms with E-state index in [-0.39, 0.29) is 28.3 Å². The van der Waals surface area contributed by atoms with Gasteiger partial charge in [0.1, 0.15) is 17.3 Å². The van der Waals surface area contributed by atoms with Gasteiger partial charge in [0.25, 0.3) is 0 Å². The van der Waals surface area contributed by atoms with Crippen LogP contribution < -0.4 is 4.74 Å². The predicted octanol–water partition coefficient (Wildman–Crippen LogP) is 5.16. The Morgan fingerprint density at radius 1 is 1.03 bits per heavy atom. The number of hydrogen-bond acceptors (Lipinski definition) is 3. The van der Waals surface area contributed by atoms with Crippen molar-refractivity contribution >= 4 is 5.97 Å². The molecule has 2 aromatic carbocycles. The van der Waals surface area contributed by atoms with Crippen LogP contribution in [0.3, 0.4) is 0 Å². The van der Waals surface area contributed by atoms with Crippen molar-refractivity contribution in [3.63, 3.8) is 0 Å². The van der Waals surface area contributed by atoms with Gasteiger partial charge in [-0.05, 0) is 35.9 Å². The van der Waals surface area contributed by atoms with Gasteiger partial charge in [-0.15, -0.1) is 0 Å². The molecule has 0 aliphatic rings. The highest BCUT2D eigenvalue weighted by Crippen LogP contribution is 2.38. The third kappa shape index (κ3) is 4.39. The number of aromatic carboxylic acids is 1. The summed E-state index contributed by atoms with van der Waals surface area (Å²) >= 11 is 0. The molecule has 2 N–H and O–H groups in total. The SMILES string of the molecule is O=C(O)c1cc(-c2cccc(-c3cc(F)ccc3OCC(F)(F)C(F)(F)F)c2)n[nH]1. The van der Waals surface area contributed by atoms with E-state index >= 15 is 0 Å². The second-order valence-electron chi connectivity index (χ2n) is 6.18. The minimum Gasteiger partial charge on any atom is -0.486 e. The lowest BCUT2D eigenvalue weighted by molar-refractivity contribution is -0.289. The van der Waals surface area contributed by atoms with E-state index in [0.717, 1.165) is 18.2 Å². The Bertz CT molecular complexity index is 1080. The highest BCUT2D eigenvalue weighted by molar-refractivity contribution is 5.87. The molecule has 0 saturated heterocycles. The first-order valence-corrected chi connectivity index (χ1v) is 8.24. The number of nitrogens with one attached hydrogen (secondary N) is 1. The second kappa shape index (κ2) is 7.73. The second-order valence-corrected chi connectivity index (χ2v) is 6.18. The molecule has 0 aliphatic carbocycles. The molecular formula is C19H12F6N2O3. The van der Waals surface area contributed by atoms with E-state index in [2.05, 4.69) is 14.9 Å². The van der Waals surface area contributed by atoms with E-state index < -0.39 is 30.5 Å². The largest absolute Gasteiger partial charge is 0.486 e. The summed E-state index contributed by atoms with van der Waals surface area (Å²) in [5.74, 6) is -7.48. The van der Waals surface area contributed by atoms with Gasteiger partial charge in [0.2, 0.25) is 0 Å². The molecule has 3 rings (SSSR count). The zero-order valence-corrected chi connectivity index (χ0v) is 14.8. The summed E-state index contributed by atoms with van der Waals surface area (Å²) < 4.78 is 82.0. The fraction of sp³-hybridized carbons (Fsp3) is 0.158. The van der Waals surface area contributed by atoms with E-state index in [9.17, 15) is 31.1 Å². The Kier molecular flexibility index (Phi) is 5.47. The number of benzene rings is 2. The first kappa shape index (κ1) is 21.2. The minimum atomic E-state index is -5.80. The molecule has 1 aromatic heterocycles. The Labute approximate surface area is 164 Å². The van der Waals surface area contributed by atoms with Gasteiger partial charge in [-0.3, -0.25) is 5.10 Å². The van der Waals surface area contributed by atoms with Crippen molar-refractivity contribution in [2.24, 2.45) is 0 Å². The molecule has 11 heteroatoms. The number of hydrogen-bond donors (Lipinski definition) is 2. The van der Waals surface area contributed by atoms with E-state index in [1.807, 2.05) is 0 Å². The van der Waals surface area contributed by atoms with Crippen LogP contribution in [0.1, 0.15) is 10.5 Å². The van der Waals surface area contributed by atoms with Crippen LogP contribution in [0.25, 0.3) is 22.4 Å². The number of carboxylic acids is 1. The number of alkyl halides is 5. The average molecular weight is 430 g/mol. The third-order valence-corrected chi connectivity index (χ3v) is 4.04. The van der Waals surface area contributed by atoms with Gasteiger partial charge in [-0.1, -0.05) is 18.2 Å². The number of aromatic nitrogens is 2. The number of H-pyrrole nitrogens is 1. The summed E-state index contributed by atoms with van der Waals surface area (Å²) in [4.78, 5) is 11.0. The fourth-order valence-electron chi connectivity index (χ4n) is 2.53. The zero-order chi connectivity index (χ0) is 22.1. The summed E-state index contributed by atoms with van der Waals surface area (Å²) in [6.07, 6.45) is -5.80. The third-order valence-electron chi connectivity index (χ3n) is 4.04. The van der Waals surface area contributed by atoms with Gasteiger partial charge in [-0.25, -0.2) is 9.18 Å². The molecule has 0 amide bonds. The van der Waals surface area contributed by atoms with Crippen LogP contribution in [0.4, 0.5) is 26.3 Å². The number of halogens is 6. The maximum absolute atomic E-state index is 13.7. The molecule has 1 heterocycles. The van der Waals surface area contributed by atoms with Crippen LogP contribution in [0.15, 0.2) is 48.5 Å². The Morgan fingerprint density at radius 2 is 1.73 bits per heavy atom. The summed E-state index contributed by atoms with van der Waals surface area (Å²) in [7, 11) is 0. The first-order chi connectivity index (χ1) is 14.0. The number of ether oxygens (including phenoxy) is 1. The van der Waals surface area contributed by atoms with Crippen molar-refractivity contribution in [2.45, 2.75) is 12.1 Å². The number of carboxylic acid groups (broad SMARTS) is 1. The quantitative estimate of drug-likeness (QED) is 0.530. The van der Waals surface area contributed by atoms with Crippen molar-refractivity contribution in [2.75, 3.05) is 6.61 Å². The molecule has 5 nitrogen and oxygen atoms in total. The Morgan fingerprint density at radius 3 is 2.37 bits per heavy atom. The molecule has 0 aliphatic heterocycles. The lowest BCUT2D eigenvalue weighted by Gasteiger charge is -2.21. The average Bonchev–Trinajstić information content (AvgIpc) is 3.17. The fourth-order valence-corrected chi connectivity index (χ4v) is 2.53. The maximum atomic E-state index is 13.7. The first-order valence-electron chi connectivity index (χ1n) is 8.24. The van der Waals surface area contributed by atoms with Crippen molar-refractivity contribution in [1.82, 2.24) is 10.2 Å². The molecular weight excluding hydrogens is 418 g/mol. The maximum Gasteiger partial charge on any atom is 0.456 e. The number of carbonyl (C=O) groups is 1. The van der Waals surface area contributed by atoms with E-state index in [0.29, 0.717) is 5.56 Å². The molecule has 0 saturated carbocycles. The molecule has 0 atom stereocenters. The van der Waals surface area contributed by atoms with Gasteiger partial charge in [-0.2, -0.15) is 27.1 Å². The van der Waals surface area contributed by atoms with E-state index in [1.165, 1.54) is 24.3 Å². The molecule has 3 aromatic rings. The number of rotatable bonds is 6. The van der Waals surface area contributed by atoms with Gasteiger partial charge >= 0.3 is 18.1 Å². The summed E-state index contributed by atoms with van der Waals surface area (Å²) in [5, 5.41) is 15.1. The lowest BCUT2D eigenvalue weighted by atomic mass is 10.0. The normalized spacial score (nSPS) is 12.1. The van der Waals surface area contributed by atoms with Gasteiger partial charge < -0.3 is 9.84 Å². The van der Waals surface area contributed by atoms with Gasteiger partial charge in [0, 0.05) is 11.1 Å². The minimum absolute atomic E-state index is 0.0659. The van der Waals surface area contributed by atoms with Crippen LogP contribution in [0, 0.1) is 5.82 Å². The highest BCUT2D eigenvalue weighted by Gasteiger charge is 2.58. The summed E-state index contributed by atoms with van der Waals surface area (Å²) in [6, 6.07) is 9.93. The number of aromatic amines is 1. The molecule has 0 spiro atoms. The Hall–Kier alpha value is -3.50. The topological polar surface area (TPSA) is 75.2 Å². The monoisotopic (exact) mass is 430 g/mol. The summed E-state index contributed by atoms with van der Waals surface area (Å²) in [6.45, 7) is -1.98. The highest BCUT2D eigenvalue weighted by atomic mass is 19.4. The van der Waals surface area contributed by atoms with Crippen LogP contribution in [0.2, 0.25) is 0 Å². The number of nitrogens with zero attached hydrogens (tertiary/aromatic N) is 1. The summed E-state index contributed by atoms with van der Waals surface area (Å²) in [5.41, 5.74) is 0.615. The van der Waals surface area contributed by atoms with Crippen LogP contribution in [0.5, 0.6) is 5.75 Å². The molecule has 0 unspecified atom stereocenters. The van der Waals surface area contributed by atoms with Crippen LogP contribution in [-0.4, -0.2) is 40.0 Å².